The number of carbonyl (C=O) groups excluding carboxylic acids is 3. The van der Waals surface area contributed by atoms with E-state index in [9.17, 15) is 24.6 Å². The molecule has 1 aliphatic rings. The molecule has 0 aliphatic heterocycles. The predicted octanol–water partition coefficient (Wildman–Crippen LogP) is 2.79. The highest BCUT2D eigenvalue weighted by Gasteiger charge is 2.64. The fraction of sp³-hybridized carbons (Fsp3) is 0.667. The lowest BCUT2D eigenvalue weighted by Crippen LogP contribution is -2.52. The summed E-state index contributed by atoms with van der Waals surface area (Å²) in [6.45, 7) is 10.9. The molecule has 2 N–H and O–H groups in total. The van der Waals surface area contributed by atoms with Gasteiger partial charge in [-0.1, -0.05) is 37.1 Å². The minimum Gasteiger partial charge on any atom is -0.389 e. The number of aliphatic hydroxyl groups is 2. The molecule has 146 valence electrons. The first-order valence-electron chi connectivity index (χ1n) is 9.27. The lowest BCUT2D eigenvalue weighted by Gasteiger charge is -2.31. The van der Waals surface area contributed by atoms with E-state index in [0.29, 0.717) is 6.42 Å². The van der Waals surface area contributed by atoms with Crippen molar-refractivity contribution in [2.45, 2.75) is 72.5 Å². The third kappa shape index (κ3) is 4.38. The summed E-state index contributed by atoms with van der Waals surface area (Å²) < 4.78 is 0. The number of ketones is 3. The molecule has 5 unspecified atom stereocenters. The van der Waals surface area contributed by atoms with Crippen molar-refractivity contribution in [1.82, 2.24) is 0 Å². The fourth-order valence-electron chi connectivity index (χ4n) is 3.28. The molecule has 1 saturated carbocycles. The van der Waals surface area contributed by atoms with E-state index in [1.807, 2.05) is 34.6 Å². The van der Waals surface area contributed by atoms with Gasteiger partial charge in [0.05, 0.1) is 12.0 Å². The van der Waals surface area contributed by atoms with Gasteiger partial charge in [0, 0.05) is 5.92 Å². The molecule has 0 aromatic carbocycles. The van der Waals surface area contributed by atoms with Crippen molar-refractivity contribution in [2.24, 2.45) is 17.8 Å². The number of Topliss-reactive ketones (excluding diaryl/α,β-unsaturated/α-hetero) is 3. The smallest absolute Gasteiger partial charge is 0.185 e. The summed E-state index contributed by atoms with van der Waals surface area (Å²) in [4.78, 5) is 38.4. The fourth-order valence-corrected chi connectivity index (χ4v) is 3.28. The first-order chi connectivity index (χ1) is 12.0. The number of hydrogen-bond acceptors (Lipinski definition) is 5. The van der Waals surface area contributed by atoms with Gasteiger partial charge in [0.25, 0.3) is 0 Å². The SMILES string of the molecule is CCC(C)C(=O)C1C(=O)C(CC=C(C)C)C(O)(C(O)CC=C(C)C)C1=O. The Bertz CT molecular complexity index is 622. The normalized spacial score (nSPS) is 27.8. The average Bonchev–Trinajstić information content (AvgIpc) is 2.76. The molecular formula is C21H32O5. The zero-order valence-electron chi connectivity index (χ0n) is 16.7. The van der Waals surface area contributed by atoms with Crippen molar-refractivity contribution in [3.8, 4) is 0 Å². The summed E-state index contributed by atoms with van der Waals surface area (Å²) in [5, 5.41) is 21.7. The maximum absolute atomic E-state index is 12.9. The molecule has 1 fully saturated rings. The molecule has 0 radical (unpaired) electrons. The van der Waals surface area contributed by atoms with E-state index in [1.54, 1.807) is 19.1 Å². The van der Waals surface area contributed by atoms with Gasteiger partial charge in [-0.3, -0.25) is 14.4 Å². The highest BCUT2D eigenvalue weighted by Crippen LogP contribution is 2.41. The van der Waals surface area contributed by atoms with Crippen molar-refractivity contribution in [3.63, 3.8) is 0 Å². The van der Waals surface area contributed by atoms with Crippen LogP contribution >= 0.6 is 0 Å². The number of rotatable bonds is 8. The summed E-state index contributed by atoms with van der Waals surface area (Å²) in [6.07, 6.45) is 2.71. The first-order valence-corrected chi connectivity index (χ1v) is 9.27. The lowest BCUT2D eigenvalue weighted by atomic mass is 9.80. The topological polar surface area (TPSA) is 91.7 Å². The van der Waals surface area contributed by atoms with E-state index in [1.165, 1.54) is 0 Å². The van der Waals surface area contributed by atoms with Crippen molar-refractivity contribution < 1.29 is 24.6 Å². The summed E-state index contributed by atoms with van der Waals surface area (Å²) in [5.41, 5.74) is -0.372. The van der Waals surface area contributed by atoms with Crippen LogP contribution in [0.4, 0.5) is 0 Å². The Kier molecular flexibility index (Phi) is 7.66. The quantitative estimate of drug-likeness (QED) is 0.510. The van der Waals surface area contributed by atoms with Gasteiger partial charge < -0.3 is 10.2 Å². The van der Waals surface area contributed by atoms with Crippen molar-refractivity contribution in [1.29, 1.82) is 0 Å². The summed E-state index contributed by atoms with van der Waals surface area (Å²) in [5.74, 6) is -4.93. The number of aliphatic hydroxyl groups excluding tert-OH is 1. The van der Waals surface area contributed by atoms with Crippen molar-refractivity contribution in [3.05, 3.63) is 23.3 Å². The van der Waals surface area contributed by atoms with E-state index in [-0.39, 0.29) is 12.8 Å². The molecule has 5 heteroatoms. The Morgan fingerprint density at radius 2 is 1.69 bits per heavy atom. The maximum Gasteiger partial charge on any atom is 0.185 e. The summed E-state index contributed by atoms with van der Waals surface area (Å²) >= 11 is 0. The van der Waals surface area contributed by atoms with Crippen LogP contribution in [0, 0.1) is 17.8 Å². The van der Waals surface area contributed by atoms with Crippen molar-refractivity contribution in [2.75, 3.05) is 0 Å². The van der Waals surface area contributed by atoms with Crippen LogP contribution in [0.5, 0.6) is 0 Å². The molecule has 0 saturated heterocycles. The minimum atomic E-state index is -2.23. The molecule has 5 nitrogen and oxygen atoms in total. The molecule has 26 heavy (non-hydrogen) atoms. The average molecular weight is 364 g/mol. The number of hydrogen-bond donors (Lipinski definition) is 2. The molecule has 0 aromatic rings. The third-order valence-corrected chi connectivity index (χ3v) is 5.22. The Morgan fingerprint density at radius 3 is 2.15 bits per heavy atom. The molecule has 0 amide bonds. The molecule has 0 aromatic heterocycles. The number of allylic oxidation sites excluding steroid dienone is 3. The molecule has 0 bridgehead atoms. The van der Waals surface area contributed by atoms with Gasteiger partial charge in [0.2, 0.25) is 0 Å². The molecule has 0 heterocycles. The van der Waals surface area contributed by atoms with Gasteiger partial charge in [-0.05, 0) is 47.0 Å². The first kappa shape index (κ1) is 22.5. The van der Waals surface area contributed by atoms with E-state index in [0.717, 1.165) is 11.1 Å². The predicted molar refractivity (Wildman–Crippen MR) is 101 cm³/mol. The van der Waals surface area contributed by atoms with E-state index < -0.39 is 46.8 Å². The minimum absolute atomic E-state index is 0.0490. The van der Waals surface area contributed by atoms with Crippen LogP contribution in [0.1, 0.15) is 60.8 Å². The van der Waals surface area contributed by atoms with E-state index >= 15 is 0 Å². The van der Waals surface area contributed by atoms with Crippen LogP contribution in [0.2, 0.25) is 0 Å². The Labute approximate surface area is 156 Å². The van der Waals surface area contributed by atoms with Gasteiger partial charge in [0.15, 0.2) is 23.0 Å². The van der Waals surface area contributed by atoms with Crippen LogP contribution in [0.15, 0.2) is 23.3 Å². The summed E-state index contributed by atoms with van der Waals surface area (Å²) in [7, 11) is 0. The van der Waals surface area contributed by atoms with Crippen molar-refractivity contribution >= 4 is 17.3 Å². The largest absolute Gasteiger partial charge is 0.389 e. The summed E-state index contributed by atoms with van der Waals surface area (Å²) in [6, 6.07) is 0. The monoisotopic (exact) mass is 364 g/mol. The van der Waals surface area contributed by atoms with Gasteiger partial charge >= 0.3 is 0 Å². The highest BCUT2D eigenvalue weighted by atomic mass is 16.4. The molecule has 1 rings (SSSR count). The second-order valence-corrected chi connectivity index (χ2v) is 7.84. The van der Waals surface area contributed by atoms with E-state index in [2.05, 4.69) is 0 Å². The Balaban J connectivity index is 3.35. The second-order valence-electron chi connectivity index (χ2n) is 7.84. The second kappa shape index (κ2) is 8.87. The molecular weight excluding hydrogens is 332 g/mol. The number of carbonyl (C=O) groups is 3. The van der Waals surface area contributed by atoms with Crippen LogP contribution < -0.4 is 0 Å². The van der Waals surface area contributed by atoms with Crippen LogP contribution in [-0.4, -0.2) is 39.3 Å². The Morgan fingerprint density at radius 1 is 1.15 bits per heavy atom. The van der Waals surface area contributed by atoms with Gasteiger partial charge in [-0.15, -0.1) is 0 Å². The molecule has 5 atom stereocenters. The van der Waals surface area contributed by atoms with Gasteiger partial charge in [-0.2, -0.15) is 0 Å². The lowest BCUT2D eigenvalue weighted by molar-refractivity contribution is -0.156. The standard InChI is InChI=1S/C21H32O5/c1-7-14(6)18(23)17-19(24)15(10-8-12(2)3)21(26,20(17)25)16(22)11-9-13(4)5/h8-9,14-17,22,26H,7,10-11H2,1-6H3. The third-order valence-electron chi connectivity index (χ3n) is 5.22. The Hall–Kier alpha value is -1.59. The van der Waals surface area contributed by atoms with Gasteiger partial charge in [0.1, 0.15) is 5.92 Å². The van der Waals surface area contributed by atoms with Crippen LogP contribution in [0.25, 0.3) is 0 Å². The van der Waals surface area contributed by atoms with Crippen LogP contribution in [0.3, 0.4) is 0 Å². The molecule has 1 aliphatic carbocycles. The highest BCUT2D eigenvalue weighted by molar-refractivity contribution is 6.28. The zero-order chi connectivity index (χ0) is 20.2. The van der Waals surface area contributed by atoms with Gasteiger partial charge in [-0.25, -0.2) is 0 Å². The van der Waals surface area contributed by atoms with Crippen LogP contribution in [-0.2, 0) is 14.4 Å². The maximum atomic E-state index is 12.9. The molecule has 0 spiro atoms. The zero-order valence-corrected chi connectivity index (χ0v) is 16.7. The van der Waals surface area contributed by atoms with E-state index in [4.69, 9.17) is 0 Å².